The average molecular weight is 201 g/mol. The number of carbonyl (C=O) groups is 2. The minimum Gasteiger partial charge on any atom is -0.481 e. The fraction of sp³-hybridized carbons (Fsp3) is 0.750. The van der Waals surface area contributed by atoms with Gasteiger partial charge in [0.05, 0.1) is 18.0 Å². The first-order chi connectivity index (χ1) is 6.45. The number of rotatable bonds is 5. The van der Waals surface area contributed by atoms with Crippen LogP contribution in [0, 0.1) is 0 Å². The first-order valence-electron chi connectivity index (χ1n) is 4.45. The highest BCUT2D eigenvalue weighted by Gasteiger charge is 2.40. The summed E-state index contributed by atoms with van der Waals surface area (Å²) in [5.74, 6) is -1.35. The lowest BCUT2D eigenvalue weighted by Gasteiger charge is -2.43. The smallest absolute Gasteiger partial charge is 0.305 e. The summed E-state index contributed by atoms with van der Waals surface area (Å²) < 4.78 is 0. The summed E-state index contributed by atoms with van der Waals surface area (Å²) in [7, 11) is 0. The Labute approximate surface area is 81.8 Å². The topological polar surface area (TPSA) is 104 Å². The van der Waals surface area contributed by atoms with E-state index in [0.29, 0.717) is 13.1 Å². The quantitative estimate of drug-likeness (QED) is 0.423. The second kappa shape index (κ2) is 3.93. The standard InChI is InChI=1S/C8H15N3O3/c1-5(7(9)14)11-8(2-6(12)13)3-10-4-8/h5,10-11H,2-4H2,1H3,(H2,9,14)(H,12,13). The molecule has 1 unspecified atom stereocenters. The van der Waals surface area contributed by atoms with E-state index in [1.54, 1.807) is 6.92 Å². The number of amides is 1. The molecule has 1 aliphatic heterocycles. The molecule has 0 radical (unpaired) electrons. The molecule has 14 heavy (non-hydrogen) atoms. The van der Waals surface area contributed by atoms with Crippen molar-refractivity contribution in [3.05, 3.63) is 0 Å². The number of carbonyl (C=O) groups excluding carboxylic acids is 1. The van der Waals surface area contributed by atoms with Gasteiger partial charge in [-0.25, -0.2) is 0 Å². The number of hydrogen-bond donors (Lipinski definition) is 4. The lowest BCUT2D eigenvalue weighted by molar-refractivity contribution is -0.140. The summed E-state index contributed by atoms with van der Waals surface area (Å²) in [5.41, 5.74) is 4.57. The Hall–Kier alpha value is -1.14. The van der Waals surface area contributed by atoms with E-state index >= 15 is 0 Å². The van der Waals surface area contributed by atoms with Crippen molar-refractivity contribution >= 4 is 11.9 Å². The van der Waals surface area contributed by atoms with Crippen LogP contribution in [0.15, 0.2) is 0 Å². The lowest BCUT2D eigenvalue weighted by Crippen LogP contribution is -2.71. The summed E-state index contributed by atoms with van der Waals surface area (Å²) in [6.45, 7) is 2.73. The fourth-order valence-corrected chi connectivity index (χ4v) is 1.52. The van der Waals surface area contributed by atoms with E-state index in [1.807, 2.05) is 0 Å². The maximum atomic E-state index is 10.8. The van der Waals surface area contributed by atoms with Crippen molar-refractivity contribution < 1.29 is 14.7 Å². The zero-order valence-corrected chi connectivity index (χ0v) is 8.04. The third-order valence-corrected chi connectivity index (χ3v) is 2.37. The molecule has 1 fully saturated rings. The summed E-state index contributed by atoms with van der Waals surface area (Å²) in [4.78, 5) is 21.4. The van der Waals surface area contributed by atoms with Crippen LogP contribution in [-0.2, 0) is 9.59 Å². The van der Waals surface area contributed by atoms with Gasteiger partial charge in [0.2, 0.25) is 5.91 Å². The molecule has 1 aliphatic rings. The minimum atomic E-state index is -0.879. The van der Waals surface area contributed by atoms with Gasteiger partial charge in [0.15, 0.2) is 0 Å². The molecule has 80 valence electrons. The molecule has 0 aromatic heterocycles. The van der Waals surface area contributed by atoms with E-state index in [9.17, 15) is 9.59 Å². The molecule has 0 aromatic rings. The van der Waals surface area contributed by atoms with Crippen LogP contribution in [0.4, 0.5) is 0 Å². The van der Waals surface area contributed by atoms with Crippen molar-refractivity contribution in [1.29, 1.82) is 0 Å². The highest BCUT2D eigenvalue weighted by molar-refractivity contribution is 5.79. The Morgan fingerprint density at radius 2 is 2.21 bits per heavy atom. The number of aliphatic carboxylic acids is 1. The molecule has 0 aliphatic carbocycles. The zero-order valence-electron chi connectivity index (χ0n) is 8.04. The molecule has 5 N–H and O–H groups in total. The van der Waals surface area contributed by atoms with Gasteiger partial charge in [-0.05, 0) is 6.92 Å². The number of carboxylic acid groups (broad SMARTS) is 1. The molecule has 6 nitrogen and oxygen atoms in total. The van der Waals surface area contributed by atoms with Crippen LogP contribution in [-0.4, -0.2) is 41.7 Å². The van der Waals surface area contributed by atoms with Crippen molar-refractivity contribution in [2.75, 3.05) is 13.1 Å². The first-order valence-corrected chi connectivity index (χ1v) is 4.45. The van der Waals surface area contributed by atoms with E-state index in [-0.39, 0.29) is 6.42 Å². The molecule has 0 saturated carbocycles. The lowest BCUT2D eigenvalue weighted by atomic mass is 9.87. The molecule has 6 heteroatoms. The summed E-state index contributed by atoms with van der Waals surface area (Å²) in [5, 5.41) is 14.6. The zero-order chi connectivity index (χ0) is 10.8. The highest BCUT2D eigenvalue weighted by Crippen LogP contribution is 2.16. The molecule has 1 saturated heterocycles. The summed E-state index contributed by atoms with van der Waals surface area (Å²) in [6, 6.07) is -0.503. The second-order valence-electron chi connectivity index (χ2n) is 3.72. The van der Waals surface area contributed by atoms with Crippen LogP contribution in [0.1, 0.15) is 13.3 Å². The first kappa shape index (κ1) is 10.9. The highest BCUT2D eigenvalue weighted by atomic mass is 16.4. The Kier molecular flexibility index (Phi) is 3.07. The molecule has 0 spiro atoms. The average Bonchev–Trinajstić information content (AvgIpc) is 1.99. The molecule has 1 atom stereocenters. The van der Waals surface area contributed by atoms with E-state index in [1.165, 1.54) is 0 Å². The van der Waals surface area contributed by atoms with E-state index in [0.717, 1.165) is 0 Å². The molecule has 1 rings (SSSR count). The fourth-order valence-electron chi connectivity index (χ4n) is 1.52. The predicted octanol–water partition coefficient (Wildman–Crippen LogP) is -1.73. The van der Waals surface area contributed by atoms with E-state index in [2.05, 4.69) is 10.6 Å². The van der Waals surface area contributed by atoms with Gasteiger partial charge >= 0.3 is 5.97 Å². The summed E-state index contributed by atoms with van der Waals surface area (Å²) >= 11 is 0. The summed E-state index contributed by atoms with van der Waals surface area (Å²) in [6.07, 6.45) is -0.00236. The van der Waals surface area contributed by atoms with Gasteiger partial charge in [-0.15, -0.1) is 0 Å². The second-order valence-corrected chi connectivity index (χ2v) is 3.72. The van der Waals surface area contributed by atoms with Gasteiger partial charge in [0.1, 0.15) is 0 Å². The maximum absolute atomic E-state index is 10.8. The van der Waals surface area contributed by atoms with Crippen molar-refractivity contribution in [3.63, 3.8) is 0 Å². The number of nitrogens with one attached hydrogen (secondary N) is 2. The van der Waals surface area contributed by atoms with Crippen LogP contribution >= 0.6 is 0 Å². The van der Waals surface area contributed by atoms with Gasteiger partial charge in [-0.1, -0.05) is 0 Å². The number of nitrogens with two attached hydrogens (primary N) is 1. The SMILES string of the molecule is CC(NC1(CC(=O)O)CNC1)C(N)=O. The van der Waals surface area contributed by atoms with Crippen molar-refractivity contribution in [2.24, 2.45) is 5.73 Å². The van der Waals surface area contributed by atoms with Crippen LogP contribution in [0.25, 0.3) is 0 Å². The largest absolute Gasteiger partial charge is 0.481 e. The van der Waals surface area contributed by atoms with Crippen molar-refractivity contribution in [2.45, 2.75) is 24.9 Å². The van der Waals surface area contributed by atoms with Gasteiger partial charge < -0.3 is 16.2 Å². The van der Waals surface area contributed by atoms with Crippen LogP contribution < -0.4 is 16.4 Å². The maximum Gasteiger partial charge on any atom is 0.305 e. The molecule has 0 aromatic carbocycles. The number of hydrogen-bond acceptors (Lipinski definition) is 4. The van der Waals surface area contributed by atoms with Crippen LogP contribution in [0.2, 0.25) is 0 Å². The van der Waals surface area contributed by atoms with Gasteiger partial charge in [-0.3, -0.25) is 14.9 Å². The normalized spacial score (nSPS) is 20.9. The van der Waals surface area contributed by atoms with Crippen molar-refractivity contribution in [3.8, 4) is 0 Å². The molecular formula is C8H15N3O3. The van der Waals surface area contributed by atoms with Crippen LogP contribution in [0.3, 0.4) is 0 Å². The Morgan fingerprint density at radius 1 is 1.64 bits per heavy atom. The molecule has 0 bridgehead atoms. The van der Waals surface area contributed by atoms with Crippen molar-refractivity contribution in [1.82, 2.24) is 10.6 Å². The number of primary amides is 1. The Balaban J connectivity index is 2.53. The molecular weight excluding hydrogens is 186 g/mol. The molecule has 1 amide bonds. The van der Waals surface area contributed by atoms with Gasteiger partial charge in [-0.2, -0.15) is 0 Å². The number of carboxylic acids is 1. The minimum absolute atomic E-state index is 0.00236. The predicted molar refractivity (Wildman–Crippen MR) is 49.6 cm³/mol. The molecule has 1 heterocycles. The monoisotopic (exact) mass is 201 g/mol. The van der Waals surface area contributed by atoms with Gasteiger partial charge in [0.25, 0.3) is 0 Å². The van der Waals surface area contributed by atoms with Crippen LogP contribution in [0.5, 0.6) is 0 Å². The Bertz CT molecular complexity index is 250. The Morgan fingerprint density at radius 3 is 2.50 bits per heavy atom. The van der Waals surface area contributed by atoms with E-state index < -0.39 is 23.5 Å². The van der Waals surface area contributed by atoms with Gasteiger partial charge in [0, 0.05) is 13.1 Å². The van der Waals surface area contributed by atoms with E-state index in [4.69, 9.17) is 10.8 Å². The third-order valence-electron chi connectivity index (χ3n) is 2.37. The third kappa shape index (κ3) is 2.43.